The SMILES string of the molecule is CCCCCC(CCCCC)NC(C)CN1CCCC1. The lowest BCUT2D eigenvalue weighted by Crippen LogP contribution is -2.43. The van der Waals surface area contributed by atoms with Crippen molar-refractivity contribution in [2.24, 2.45) is 0 Å². The van der Waals surface area contributed by atoms with Crippen LogP contribution in [0.3, 0.4) is 0 Å². The van der Waals surface area contributed by atoms with E-state index in [1.807, 2.05) is 0 Å². The summed E-state index contributed by atoms with van der Waals surface area (Å²) in [6.07, 6.45) is 13.8. The van der Waals surface area contributed by atoms with Gasteiger partial charge >= 0.3 is 0 Å². The molecule has 0 bridgehead atoms. The molecule has 1 unspecified atom stereocenters. The maximum Gasteiger partial charge on any atom is 0.0169 e. The minimum atomic E-state index is 0.654. The Balaban J connectivity index is 2.24. The molecule has 2 heteroatoms. The summed E-state index contributed by atoms with van der Waals surface area (Å²) in [6, 6.07) is 1.41. The van der Waals surface area contributed by atoms with E-state index in [1.54, 1.807) is 0 Å². The molecular formula is C18H38N2. The second-order valence-electron chi connectivity index (χ2n) is 6.76. The van der Waals surface area contributed by atoms with Gasteiger partial charge in [-0.2, -0.15) is 0 Å². The minimum absolute atomic E-state index is 0.654. The topological polar surface area (TPSA) is 15.3 Å². The van der Waals surface area contributed by atoms with Crippen molar-refractivity contribution in [1.82, 2.24) is 10.2 Å². The normalized spacial score (nSPS) is 18.0. The van der Waals surface area contributed by atoms with Gasteiger partial charge in [0.2, 0.25) is 0 Å². The van der Waals surface area contributed by atoms with Crippen molar-refractivity contribution >= 4 is 0 Å². The highest BCUT2D eigenvalue weighted by atomic mass is 15.2. The Morgan fingerprint density at radius 1 is 0.900 bits per heavy atom. The quantitative estimate of drug-likeness (QED) is 0.527. The second kappa shape index (κ2) is 11.6. The number of rotatable bonds is 12. The molecule has 1 fully saturated rings. The molecule has 0 aliphatic carbocycles. The van der Waals surface area contributed by atoms with Gasteiger partial charge in [-0.25, -0.2) is 0 Å². The molecule has 2 nitrogen and oxygen atoms in total. The van der Waals surface area contributed by atoms with Crippen molar-refractivity contribution in [3.05, 3.63) is 0 Å². The summed E-state index contributed by atoms with van der Waals surface area (Å²) < 4.78 is 0. The number of nitrogens with one attached hydrogen (secondary N) is 1. The zero-order valence-corrected chi connectivity index (χ0v) is 14.3. The molecule has 0 aromatic carbocycles. The molecule has 1 aliphatic heterocycles. The van der Waals surface area contributed by atoms with E-state index >= 15 is 0 Å². The smallest absolute Gasteiger partial charge is 0.0169 e. The largest absolute Gasteiger partial charge is 0.310 e. The summed E-state index contributed by atoms with van der Waals surface area (Å²) in [5.41, 5.74) is 0. The molecule has 1 N–H and O–H groups in total. The number of likely N-dealkylation sites (tertiary alicyclic amines) is 1. The molecule has 0 radical (unpaired) electrons. The van der Waals surface area contributed by atoms with Crippen LogP contribution in [0.15, 0.2) is 0 Å². The molecule has 0 saturated carbocycles. The van der Waals surface area contributed by atoms with Gasteiger partial charge in [-0.05, 0) is 45.7 Å². The molecule has 20 heavy (non-hydrogen) atoms. The first-order valence-corrected chi connectivity index (χ1v) is 9.24. The standard InChI is InChI=1S/C18H38N2/c1-4-6-8-12-18(13-9-7-5-2)19-17(3)16-20-14-10-11-15-20/h17-19H,4-16H2,1-3H3. The van der Waals surface area contributed by atoms with Crippen LogP contribution in [0.2, 0.25) is 0 Å². The molecule has 1 aliphatic rings. The van der Waals surface area contributed by atoms with Gasteiger partial charge in [-0.1, -0.05) is 52.4 Å². The van der Waals surface area contributed by atoms with Crippen molar-refractivity contribution in [3.63, 3.8) is 0 Å². The average molecular weight is 283 g/mol. The maximum absolute atomic E-state index is 3.92. The van der Waals surface area contributed by atoms with Gasteiger partial charge in [0, 0.05) is 18.6 Å². The lowest BCUT2D eigenvalue weighted by molar-refractivity contribution is 0.275. The van der Waals surface area contributed by atoms with Crippen LogP contribution < -0.4 is 5.32 Å². The fourth-order valence-electron chi connectivity index (χ4n) is 3.40. The third kappa shape index (κ3) is 8.26. The monoisotopic (exact) mass is 282 g/mol. The second-order valence-corrected chi connectivity index (χ2v) is 6.76. The van der Waals surface area contributed by atoms with Crippen LogP contribution >= 0.6 is 0 Å². The summed E-state index contributed by atoms with van der Waals surface area (Å²) in [6.45, 7) is 10.9. The van der Waals surface area contributed by atoms with Gasteiger partial charge in [0.05, 0.1) is 0 Å². The van der Waals surface area contributed by atoms with Gasteiger partial charge < -0.3 is 10.2 Å². The Labute approximate surface area is 127 Å². The Morgan fingerprint density at radius 2 is 1.45 bits per heavy atom. The molecule has 0 spiro atoms. The van der Waals surface area contributed by atoms with Crippen LogP contribution in [-0.4, -0.2) is 36.6 Å². The van der Waals surface area contributed by atoms with Crippen LogP contribution in [0.25, 0.3) is 0 Å². The Kier molecular flexibility index (Phi) is 10.4. The molecule has 120 valence electrons. The van der Waals surface area contributed by atoms with E-state index in [1.165, 1.54) is 83.8 Å². The molecular weight excluding hydrogens is 244 g/mol. The molecule has 1 rings (SSSR count). The van der Waals surface area contributed by atoms with Crippen LogP contribution in [0.5, 0.6) is 0 Å². The first-order chi connectivity index (χ1) is 9.76. The summed E-state index contributed by atoms with van der Waals surface area (Å²) in [5, 5.41) is 3.92. The fraction of sp³-hybridized carbons (Fsp3) is 1.00. The number of nitrogens with zero attached hydrogens (tertiary/aromatic N) is 1. The first kappa shape index (κ1) is 18.0. The van der Waals surface area contributed by atoms with E-state index in [0.717, 1.165) is 6.04 Å². The van der Waals surface area contributed by atoms with Crippen molar-refractivity contribution < 1.29 is 0 Å². The van der Waals surface area contributed by atoms with E-state index in [4.69, 9.17) is 0 Å². The summed E-state index contributed by atoms with van der Waals surface area (Å²) in [7, 11) is 0. The summed E-state index contributed by atoms with van der Waals surface area (Å²) in [4.78, 5) is 2.63. The Morgan fingerprint density at radius 3 is 1.95 bits per heavy atom. The van der Waals surface area contributed by atoms with Gasteiger partial charge in [0.25, 0.3) is 0 Å². The van der Waals surface area contributed by atoms with Crippen LogP contribution in [0.1, 0.15) is 85.0 Å². The fourth-order valence-corrected chi connectivity index (χ4v) is 3.40. The lowest BCUT2D eigenvalue weighted by atomic mass is 10.0. The number of unbranched alkanes of at least 4 members (excludes halogenated alkanes) is 4. The third-order valence-electron chi connectivity index (χ3n) is 4.56. The van der Waals surface area contributed by atoms with Gasteiger partial charge in [-0.15, -0.1) is 0 Å². The van der Waals surface area contributed by atoms with Crippen molar-refractivity contribution in [3.8, 4) is 0 Å². The van der Waals surface area contributed by atoms with Gasteiger partial charge in [0.15, 0.2) is 0 Å². The molecule has 1 atom stereocenters. The highest BCUT2D eigenvalue weighted by Gasteiger charge is 2.17. The van der Waals surface area contributed by atoms with Crippen molar-refractivity contribution in [2.45, 2.75) is 97.1 Å². The summed E-state index contributed by atoms with van der Waals surface area (Å²) >= 11 is 0. The maximum atomic E-state index is 3.92. The Bertz CT molecular complexity index is 201. The molecule has 0 aromatic heterocycles. The predicted molar refractivity (Wildman–Crippen MR) is 90.3 cm³/mol. The molecule has 0 amide bonds. The van der Waals surface area contributed by atoms with E-state index in [2.05, 4.69) is 31.0 Å². The van der Waals surface area contributed by atoms with Gasteiger partial charge in [-0.3, -0.25) is 0 Å². The summed E-state index contributed by atoms with van der Waals surface area (Å²) in [5.74, 6) is 0. The van der Waals surface area contributed by atoms with E-state index in [0.29, 0.717) is 6.04 Å². The Hall–Kier alpha value is -0.0800. The van der Waals surface area contributed by atoms with Crippen LogP contribution in [0.4, 0.5) is 0 Å². The predicted octanol–water partition coefficient (Wildman–Crippen LogP) is 4.59. The van der Waals surface area contributed by atoms with Crippen molar-refractivity contribution in [2.75, 3.05) is 19.6 Å². The highest BCUT2D eigenvalue weighted by Crippen LogP contribution is 2.13. The molecule has 1 saturated heterocycles. The molecule has 0 aromatic rings. The lowest BCUT2D eigenvalue weighted by Gasteiger charge is -2.27. The zero-order valence-electron chi connectivity index (χ0n) is 14.3. The first-order valence-electron chi connectivity index (χ1n) is 9.24. The highest BCUT2D eigenvalue weighted by molar-refractivity contribution is 4.76. The zero-order chi connectivity index (χ0) is 14.6. The van der Waals surface area contributed by atoms with Crippen LogP contribution in [-0.2, 0) is 0 Å². The molecule has 1 heterocycles. The third-order valence-corrected chi connectivity index (χ3v) is 4.56. The van der Waals surface area contributed by atoms with E-state index in [-0.39, 0.29) is 0 Å². The van der Waals surface area contributed by atoms with Crippen LogP contribution in [0, 0.1) is 0 Å². The van der Waals surface area contributed by atoms with E-state index < -0.39 is 0 Å². The van der Waals surface area contributed by atoms with Crippen molar-refractivity contribution in [1.29, 1.82) is 0 Å². The number of hydrogen-bond acceptors (Lipinski definition) is 2. The minimum Gasteiger partial charge on any atom is -0.310 e. The van der Waals surface area contributed by atoms with Gasteiger partial charge in [0.1, 0.15) is 0 Å². The van der Waals surface area contributed by atoms with E-state index in [9.17, 15) is 0 Å². The average Bonchev–Trinajstić information content (AvgIpc) is 2.91. The number of hydrogen-bond donors (Lipinski definition) is 1.